The van der Waals surface area contributed by atoms with Crippen LogP contribution in [0.15, 0.2) is 135 Å². The second-order valence-electron chi connectivity index (χ2n) is 8.66. The number of nitrogens with one attached hydrogen (secondary N) is 2. The number of nitrogens with zero attached hydrogens (tertiary/aromatic N) is 4. The van der Waals surface area contributed by atoms with Crippen LogP contribution in [0.4, 0.5) is 11.4 Å². The summed E-state index contributed by atoms with van der Waals surface area (Å²) in [5.41, 5.74) is 14.3. The number of hydrazone groups is 2. The standard InChI is InChI=1S/C18H15P.2C6H6N4O3S.ClH.Ru/c1-4-10-16(11-5-1)19(17-12-6-2-7-13-17)18-14-8-3-9-15-18;2*7-6(14)9-8-3-5-4(10(11)12)1-2-13-5;;/h1-15H;2*1-3H,(H3,7,9,14);1H;/q;;;;+2/p-1/b;2*8-3+;;. The summed E-state index contributed by atoms with van der Waals surface area (Å²) in [5.74, 6) is 0.0532. The van der Waals surface area contributed by atoms with Gasteiger partial charge >= 0.3 is 30.9 Å². The van der Waals surface area contributed by atoms with Crippen LogP contribution in [0, 0.1) is 20.2 Å². The Bertz CT molecular complexity index is 1670. The van der Waals surface area contributed by atoms with E-state index in [1.807, 2.05) is 0 Å². The van der Waals surface area contributed by atoms with Crippen LogP contribution < -0.4 is 50.6 Å². The summed E-state index contributed by atoms with van der Waals surface area (Å²) in [5, 5.41) is 31.9. The average molecular weight is 827 g/mol. The molecule has 0 atom stereocenters. The van der Waals surface area contributed by atoms with Crippen molar-refractivity contribution >= 4 is 82.3 Å². The van der Waals surface area contributed by atoms with Crippen LogP contribution in [0.1, 0.15) is 11.5 Å². The molecule has 5 rings (SSSR count). The summed E-state index contributed by atoms with van der Waals surface area (Å²) in [6.45, 7) is 0. The van der Waals surface area contributed by atoms with Gasteiger partial charge in [-0.1, -0.05) is 91.0 Å². The van der Waals surface area contributed by atoms with Crippen molar-refractivity contribution in [1.82, 2.24) is 10.9 Å². The molecule has 0 spiro atoms. The Labute approximate surface area is 311 Å². The Kier molecular flexibility index (Phi) is 19.4. The van der Waals surface area contributed by atoms with E-state index in [4.69, 9.17) is 20.3 Å². The monoisotopic (exact) mass is 827 g/mol. The topological polar surface area (TPSA) is 213 Å². The van der Waals surface area contributed by atoms with Gasteiger partial charge in [-0.2, -0.15) is 10.2 Å². The zero-order chi connectivity index (χ0) is 34.0. The molecule has 14 nitrogen and oxygen atoms in total. The molecule has 0 amide bonds. The molecule has 49 heavy (non-hydrogen) atoms. The summed E-state index contributed by atoms with van der Waals surface area (Å²) in [7, 11) is -0.446. The summed E-state index contributed by atoms with van der Waals surface area (Å²) < 4.78 is 9.59. The van der Waals surface area contributed by atoms with Crippen molar-refractivity contribution in [2.75, 3.05) is 0 Å². The molecule has 0 aliphatic heterocycles. The second-order valence-corrected chi connectivity index (χ2v) is 11.8. The quantitative estimate of drug-likeness (QED) is 0.0412. The van der Waals surface area contributed by atoms with Crippen molar-refractivity contribution in [1.29, 1.82) is 0 Å². The van der Waals surface area contributed by atoms with E-state index in [-0.39, 0.29) is 65.0 Å². The number of nitrogens with two attached hydrogens (primary N) is 2. The first-order valence-electron chi connectivity index (χ1n) is 13.2. The molecule has 2 heterocycles. The number of benzene rings is 3. The SMILES string of the molecule is NC(=S)N/N=C/c1occc1[N+](=O)[O-].NC(=S)N/N=C/c1occc1[N+](=O)[O-].[Cl-].[Ru+2].c1ccc(P(c2ccccc2)c2ccccc2)cc1. The van der Waals surface area contributed by atoms with Crippen LogP contribution in [0.2, 0.25) is 0 Å². The normalized spacial score (nSPS) is 9.98. The maximum absolute atomic E-state index is 10.4. The molecule has 6 N–H and O–H groups in total. The predicted molar refractivity (Wildman–Crippen MR) is 191 cm³/mol. The zero-order valence-electron chi connectivity index (χ0n) is 25.0. The van der Waals surface area contributed by atoms with E-state index >= 15 is 0 Å². The maximum atomic E-state index is 10.4. The van der Waals surface area contributed by atoms with Gasteiger partial charge in [-0.25, -0.2) is 0 Å². The van der Waals surface area contributed by atoms with Gasteiger partial charge in [0.2, 0.25) is 11.5 Å². The predicted octanol–water partition coefficient (Wildman–Crippen LogP) is 1.16. The molecule has 254 valence electrons. The summed E-state index contributed by atoms with van der Waals surface area (Å²) in [4.78, 5) is 19.6. The van der Waals surface area contributed by atoms with Gasteiger partial charge in [-0.3, -0.25) is 31.1 Å². The van der Waals surface area contributed by atoms with E-state index in [0.29, 0.717) is 0 Å². The Hall–Kier alpha value is -4.92. The maximum Gasteiger partial charge on any atom is 2.00 e. The van der Waals surface area contributed by atoms with Crippen LogP contribution in [-0.2, 0) is 19.5 Å². The smallest absolute Gasteiger partial charge is 1.00 e. The molecule has 0 saturated heterocycles. The van der Waals surface area contributed by atoms with Gasteiger partial charge in [-0.15, -0.1) is 0 Å². The van der Waals surface area contributed by atoms with E-state index in [9.17, 15) is 20.2 Å². The Morgan fingerprint density at radius 1 is 0.653 bits per heavy atom. The molecule has 0 bridgehead atoms. The van der Waals surface area contributed by atoms with Crippen LogP contribution in [0.3, 0.4) is 0 Å². The van der Waals surface area contributed by atoms with Crippen molar-refractivity contribution in [3.8, 4) is 0 Å². The number of hydrogen-bond acceptors (Lipinski definition) is 10. The van der Waals surface area contributed by atoms with Gasteiger partial charge in [0.25, 0.3) is 0 Å². The van der Waals surface area contributed by atoms with Gasteiger partial charge in [-0.05, 0) is 48.3 Å². The molecule has 19 heteroatoms. The first-order valence-corrected chi connectivity index (χ1v) is 15.4. The van der Waals surface area contributed by atoms with Crippen molar-refractivity contribution in [2.24, 2.45) is 21.7 Å². The van der Waals surface area contributed by atoms with Gasteiger partial charge in [0.05, 0.1) is 46.9 Å². The Morgan fingerprint density at radius 2 is 0.959 bits per heavy atom. The number of nitro groups is 2. The summed E-state index contributed by atoms with van der Waals surface area (Å²) >= 11 is 8.93. The number of hydrogen-bond donors (Lipinski definition) is 4. The molecule has 2 aromatic heterocycles. The Morgan fingerprint density at radius 3 is 1.22 bits per heavy atom. The largest absolute Gasteiger partial charge is 2.00 e. The van der Waals surface area contributed by atoms with Crippen molar-refractivity contribution < 1.29 is 50.6 Å². The number of thiocarbonyl (C=S) groups is 2. The number of rotatable bonds is 9. The molecular formula is C30H27ClN8O6PRuS2+. The van der Waals surface area contributed by atoms with Crippen LogP contribution in [-0.4, -0.2) is 32.5 Å². The molecule has 0 aliphatic rings. The molecule has 5 aromatic rings. The number of furan rings is 2. The van der Waals surface area contributed by atoms with Gasteiger partial charge in [0.1, 0.15) is 0 Å². The first-order chi connectivity index (χ1) is 22.7. The molecular weight excluding hydrogens is 800 g/mol. The molecule has 0 saturated carbocycles. The summed E-state index contributed by atoms with van der Waals surface area (Å²) in [6.07, 6.45) is 4.63. The third-order valence-electron chi connectivity index (χ3n) is 5.50. The minimum Gasteiger partial charge on any atom is -1.00 e. The molecule has 0 aliphatic carbocycles. The van der Waals surface area contributed by atoms with Crippen LogP contribution >= 0.6 is 32.4 Å². The first kappa shape index (κ1) is 42.1. The van der Waals surface area contributed by atoms with E-state index in [2.05, 4.69) is 136 Å². The molecule has 0 unspecified atom stereocenters. The van der Waals surface area contributed by atoms with Crippen LogP contribution in [0.25, 0.3) is 0 Å². The Balaban J connectivity index is 0.000000367. The minimum atomic E-state index is -0.578. The van der Waals surface area contributed by atoms with Gasteiger partial charge in [0, 0.05) is 0 Å². The van der Waals surface area contributed by atoms with Crippen molar-refractivity contribution in [3.63, 3.8) is 0 Å². The van der Waals surface area contributed by atoms with Crippen molar-refractivity contribution in [2.45, 2.75) is 0 Å². The minimum absolute atomic E-state index is 0. The molecule has 3 aromatic carbocycles. The fourth-order valence-electron chi connectivity index (χ4n) is 3.61. The fourth-order valence-corrected chi connectivity index (χ4v) is 6.02. The third kappa shape index (κ3) is 14.4. The third-order valence-corrected chi connectivity index (χ3v) is 8.12. The van der Waals surface area contributed by atoms with E-state index in [0.717, 1.165) is 12.4 Å². The second kappa shape index (κ2) is 22.6. The van der Waals surface area contributed by atoms with Crippen LogP contribution in [0.5, 0.6) is 0 Å². The van der Waals surface area contributed by atoms with Gasteiger partial charge < -0.3 is 32.7 Å². The zero-order valence-corrected chi connectivity index (χ0v) is 30.0. The van der Waals surface area contributed by atoms with E-state index in [1.165, 1.54) is 40.6 Å². The van der Waals surface area contributed by atoms with E-state index in [1.54, 1.807) is 0 Å². The fraction of sp³-hybridized carbons (Fsp3) is 0. The number of halogens is 1. The van der Waals surface area contributed by atoms with Crippen molar-refractivity contribution in [3.05, 3.63) is 147 Å². The van der Waals surface area contributed by atoms with Gasteiger partial charge in [0.15, 0.2) is 10.2 Å². The molecule has 0 fully saturated rings. The average Bonchev–Trinajstić information content (AvgIpc) is 3.74. The summed E-state index contributed by atoms with van der Waals surface area (Å²) in [6, 6.07) is 34.8. The van der Waals surface area contributed by atoms with E-state index < -0.39 is 17.8 Å². The molecule has 0 radical (unpaired) electrons.